The van der Waals surface area contributed by atoms with Crippen molar-refractivity contribution >= 4 is 80.9 Å². The highest BCUT2D eigenvalue weighted by Crippen LogP contribution is 2.57. The van der Waals surface area contributed by atoms with Crippen molar-refractivity contribution in [2.45, 2.75) is 12.3 Å². The average Bonchev–Trinajstić information content (AvgIpc) is 3.79. The van der Waals surface area contributed by atoms with Gasteiger partial charge in [0.05, 0.1) is 5.69 Å². The molecule has 12 rings (SSSR count). The Kier molecular flexibility index (Phi) is 7.30. The molecule has 0 saturated carbocycles. The summed E-state index contributed by atoms with van der Waals surface area (Å²) < 4.78 is 2.61. The van der Waals surface area contributed by atoms with Crippen molar-refractivity contribution in [2.24, 2.45) is 0 Å². The molecule has 10 aromatic carbocycles. The van der Waals surface area contributed by atoms with Crippen LogP contribution < -0.4 is 4.90 Å². The second-order valence-electron chi connectivity index (χ2n) is 15.7. The van der Waals surface area contributed by atoms with Crippen LogP contribution in [0.3, 0.4) is 0 Å². The molecule has 0 fully saturated rings. The molecule has 0 radical (unpaired) electrons. The molecule has 11 aromatic rings. The molecule has 0 saturated heterocycles. The Morgan fingerprint density at radius 3 is 1.50 bits per heavy atom. The number of fused-ring (bicyclic) bond motifs is 12. The van der Waals surface area contributed by atoms with Crippen molar-refractivity contribution in [2.75, 3.05) is 4.90 Å². The Hall–Kier alpha value is -7.00. The van der Waals surface area contributed by atoms with E-state index in [0.29, 0.717) is 0 Å². The summed E-state index contributed by atoms with van der Waals surface area (Å²) in [5.41, 5.74) is 12.0. The molecule has 1 aliphatic carbocycles. The third-order valence-electron chi connectivity index (χ3n) is 12.7. The summed E-state index contributed by atoms with van der Waals surface area (Å²) in [4.78, 5) is 2.54. The fourth-order valence-electron chi connectivity index (χ4n) is 9.98. The molecular formula is C56H37NS. The quantitative estimate of drug-likeness (QED) is 0.158. The molecule has 0 aliphatic heterocycles. The van der Waals surface area contributed by atoms with Gasteiger partial charge in [0.2, 0.25) is 0 Å². The van der Waals surface area contributed by atoms with Crippen molar-refractivity contribution in [3.63, 3.8) is 0 Å². The molecule has 272 valence electrons. The lowest BCUT2D eigenvalue weighted by atomic mass is 9.73. The molecule has 1 heterocycles. The molecule has 0 bridgehead atoms. The highest BCUT2D eigenvalue weighted by Gasteiger charge is 2.43. The van der Waals surface area contributed by atoms with Crippen LogP contribution >= 0.6 is 11.3 Å². The fourth-order valence-corrected chi connectivity index (χ4v) is 11.1. The third-order valence-corrected chi connectivity index (χ3v) is 13.8. The Labute approximate surface area is 341 Å². The van der Waals surface area contributed by atoms with Gasteiger partial charge in [-0.15, -0.1) is 11.3 Å². The van der Waals surface area contributed by atoms with E-state index < -0.39 is 5.41 Å². The van der Waals surface area contributed by atoms with E-state index in [2.05, 4.69) is 218 Å². The van der Waals surface area contributed by atoms with Crippen LogP contribution in [0.5, 0.6) is 0 Å². The summed E-state index contributed by atoms with van der Waals surface area (Å²) in [5, 5.41) is 10.2. The van der Waals surface area contributed by atoms with Crippen LogP contribution in [-0.2, 0) is 5.41 Å². The first-order valence-electron chi connectivity index (χ1n) is 20.1. The largest absolute Gasteiger partial charge is 0.310 e. The number of anilines is 3. The van der Waals surface area contributed by atoms with Gasteiger partial charge in [0, 0.05) is 37.0 Å². The smallest absolute Gasteiger partial charge is 0.0513 e. The van der Waals surface area contributed by atoms with Crippen LogP contribution in [0.25, 0.3) is 74.7 Å². The van der Waals surface area contributed by atoms with Gasteiger partial charge in [0.1, 0.15) is 0 Å². The lowest BCUT2D eigenvalue weighted by Gasteiger charge is -2.35. The average molecular weight is 756 g/mol. The Bertz CT molecular complexity index is 3330. The Balaban J connectivity index is 1.20. The molecular weight excluding hydrogens is 719 g/mol. The van der Waals surface area contributed by atoms with E-state index in [1.165, 1.54) is 97.1 Å². The van der Waals surface area contributed by atoms with Gasteiger partial charge in [-0.25, -0.2) is 0 Å². The highest BCUT2D eigenvalue weighted by atomic mass is 32.1. The van der Waals surface area contributed by atoms with Crippen molar-refractivity contribution in [3.8, 4) is 22.3 Å². The molecule has 2 heteroatoms. The maximum absolute atomic E-state index is 2.54. The maximum Gasteiger partial charge on any atom is 0.0513 e. The second kappa shape index (κ2) is 12.8. The summed E-state index contributed by atoms with van der Waals surface area (Å²) >= 11 is 1.89. The van der Waals surface area contributed by atoms with Gasteiger partial charge in [-0.05, 0) is 121 Å². The lowest BCUT2D eigenvalue weighted by molar-refractivity contribution is 0.715. The molecule has 58 heavy (non-hydrogen) atoms. The maximum atomic E-state index is 2.54. The summed E-state index contributed by atoms with van der Waals surface area (Å²) in [5.74, 6) is 0. The van der Waals surface area contributed by atoms with Crippen molar-refractivity contribution in [1.82, 2.24) is 0 Å². The summed E-state index contributed by atoms with van der Waals surface area (Å²) in [6.45, 7) is 2.45. The van der Waals surface area contributed by atoms with Crippen LogP contribution in [0.2, 0.25) is 0 Å². The van der Waals surface area contributed by atoms with E-state index in [1.807, 2.05) is 11.3 Å². The van der Waals surface area contributed by atoms with Gasteiger partial charge >= 0.3 is 0 Å². The van der Waals surface area contributed by atoms with E-state index in [-0.39, 0.29) is 0 Å². The zero-order valence-electron chi connectivity index (χ0n) is 32.0. The van der Waals surface area contributed by atoms with Gasteiger partial charge in [-0.3, -0.25) is 0 Å². The number of thiophene rings is 1. The molecule has 0 unspecified atom stereocenters. The van der Waals surface area contributed by atoms with Crippen molar-refractivity contribution in [3.05, 3.63) is 223 Å². The number of hydrogen-bond donors (Lipinski definition) is 0. The van der Waals surface area contributed by atoms with E-state index in [0.717, 1.165) is 11.4 Å². The lowest BCUT2D eigenvalue weighted by Crippen LogP contribution is -2.26. The normalized spacial score (nSPS) is 13.1. The topological polar surface area (TPSA) is 3.24 Å². The first-order valence-corrected chi connectivity index (χ1v) is 20.9. The summed E-state index contributed by atoms with van der Waals surface area (Å²) in [6.07, 6.45) is 0. The van der Waals surface area contributed by atoms with Crippen LogP contribution in [0, 0.1) is 0 Å². The van der Waals surface area contributed by atoms with Crippen LogP contribution in [0.15, 0.2) is 206 Å². The van der Waals surface area contributed by atoms with Crippen LogP contribution in [0.1, 0.15) is 23.6 Å². The zero-order chi connectivity index (χ0) is 38.4. The van der Waals surface area contributed by atoms with Crippen LogP contribution in [0.4, 0.5) is 17.1 Å². The van der Waals surface area contributed by atoms with Crippen LogP contribution in [-0.4, -0.2) is 0 Å². The summed E-state index contributed by atoms with van der Waals surface area (Å²) in [6, 6.07) is 76.7. The number of benzene rings is 10. The minimum absolute atomic E-state index is 0.422. The third kappa shape index (κ3) is 4.82. The Morgan fingerprint density at radius 2 is 0.845 bits per heavy atom. The molecule has 0 amide bonds. The van der Waals surface area contributed by atoms with E-state index in [4.69, 9.17) is 0 Å². The monoisotopic (exact) mass is 755 g/mol. The van der Waals surface area contributed by atoms with Gasteiger partial charge in [-0.2, -0.15) is 0 Å². The number of rotatable bonds is 5. The first kappa shape index (κ1) is 33.2. The van der Waals surface area contributed by atoms with Crippen molar-refractivity contribution in [1.29, 1.82) is 0 Å². The molecule has 0 spiro atoms. The second-order valence-corrected chi connectivity index (χ2v) is 16.8. The van der Waals surface area contributed by atoms with E-state index in [9.17, 15) is 0 Å². The highest BCUT2D eigenvalue weighted by molar-refractivity contribution is 7.25. The zero-order valence-corrected chi connectivity index (χ0v) is 32.8. The SMILES string of the molecule is CC1(c2cc3sc4ccccc4c3cc2N(c2ccc(-c3ccccc3)cc2)c2ccc3c4ccccc4c4ccccc4c3c2)c2ccccc2-c2ccccc21. The molecule has 1 aromatic heterocycles. The molecule has 0 N–H and O–H groups in total. The van der Waals surface area contributed by atoms with Gasteiger partial charge in [0.15, 0.2) is 0 Å². The predicted octanol–water partition coefficient (Wildman–Crippen LogP) is 16.0. The van der Waals surface area contributed by atoms with Gasteiger partial charge in [-0.1, -0.05) is 164 Å². The number of nitrogens with zero attached hydrogens (tertiary/aromatic N) is 1. The molecule has 1 nitrogen and oxygen atoms in total. The number of hydrogen-bond acceptors (Lipinski definition) is 2. The minimum Gasteiger partial charge on any atom is -0.310 e. The summed E-state index contributed by atoms with van der Waals surface area (Å²) in [7, 11) is 0. The molecule has 0 atom stereocenters. The first-order chi connectivity index (χ1) is 28.6. The Morgan fingerprint density at radius 1 is 0.345 bits per heavy atom. The molecule has 1 aliphatic rings. The van der Waals surface area contributed by atoms with Gasteiger partial charge in [0.25, 0.3) is 0 Å². The standard InChI is InChI=1S/C56H37NS/c1-56(50-24-12-9-21-45(50)46-22-10-13-25-51(46)56)52-35-55-49(47-23-11-14-26-54(47)58-55)34-53(52)57(38-29-27-37(28-30-38)36-15-3-2-4-16-36)39-31-32-44-42-19-6-5-17-40(42)41-18-7-8-20-43(41)48(44)33-39/h2-35H,1H3. The minimum atomic E-state index is -0.422. The predicted molar refractivity (Wildman–Crippen MR) is 249 cm³/mol. The van der Waals surface area contributed by atoms with Crippen molar-refractivity contribution < 1.29 is 0 Å². The van der Waals surface area contributed by atoms with E-state index >= 15 is 0 Å². The van der Waals surface area contributed by atoms with Gasteiger partial charge < -0.3 is 4.90 Å². The fraction of sp³-hybridized carbons (Fsp3) is 0.0357. The van der Waals surface area contributed by atoms with E-state index in [1.54, 1.807) is 0 Å².